The maximum absolute atomic E-state index is 12.2. The second-order valence-electron chi connectivity index (χ2n) is 5.63. The van der Waals surface area contributed by atoms with Crippen LogP contribution < -0.4 is 10.1 Å². The second kappa shape index (κ2) is 8.44. The van der Waals surface area contributed by atoms with Gasteiger partial charge < -0.3 is 10.1 Å². The minimum atomic E-state index is -0.565. The first-order chi connectivity index (χ1) is 12.3. The molecule has 2 rings (SSSR count). The molecule has 2 aromatic rings. The Morgan fingerprint density at radius 3 is 2.42 bits per heavy atom. The molecule has 0 spiro atoms. The van der Waals surface area contributed by atoms with Crippen LogP contribution in [0.4, 0.5) is 5.69 Å². The van der Waals surface area contributed by atoms with E-state index in [0.29, 0.717) is 5.56 Å². The number of halogens is 1. The maximum Gasteiger partial charge on any atom is 0.271 e. The number of non-ortho nitro benzene ring substituents is 1. The van der Waals surface area contributed by atoms with Crippen LogP contribution in [-0.4, -0.2) is 23.2 Å². The molecule has 0 aliphatic rings. The van der Waals surface area contributed by atoms with Gasteiger partial charge in [-0.15, -0.1) is 0 Å². The highest BCUT2D eigenvalue weighted by Crippen LogP contribution is 2.28. The molecule has 0 aromatic heterocycles. The van der Waals surface area contributed by atoms with Gasteiger partial charge in [-0.25, -0.2) is 0 Å². The van der Waals surface area contributed by atoms with E-state index in [2.05, 4.69) is 5.32 Å². The number of hydrogen-bond donors (Lipinski definition) is 1. The molecule has 1 N–H and O–H groups in total. The van der Waals surface area contributed by atoms with E-state index < -0.39 is 4.92 Å². The lowest BCUT2D eigenvalue weighted by molar-refractivity contribution is -0.384. The molecule has 2 aromatic carbocycles. The summed E-state index contributed by atoms with van der Waals surface area (Å²) in [6.45, 7) is 3.03. The number of benzene rings is 2. The number of nitro groups is 1. The van der Waals surface area contributed by atoms with E-state index in [0.717, 1.165) is 5.56 Å². The van der Waals surface area contributed by atoms with Gasteiger partial charge in [0, 0.05) is 24.6 Å². The minimum Gasteiger partial charge on any atom is -0.484 e. The predicted molar refractivity (Wildman–Crippen MR) is 96.6 cm³/mol. The van der Waals surface area contributed by atoms with Crippen molar-refractivity contribution in [3.05, 3.63) is 68.7 Å². The van der Waals surface area contributed by atoms with Crippen LogP contribution >= 0.6 is 11.6 Å². The molecule has 0 saturated heterocycles. The number of ether oxygens (including phenoxy) is 1. The van der Waals surface area contributed by atoms with Crippen molar-refractivity contribution in [2.45, 2.75) is 19.9 Å². The fourth-order valence-corrected chi connectivity index (χ4v) is 2.52. The van der Waals surface area contributed by atoms with E-state index in [1.807, 2.05) is 6.92 Å². The number of Topliss-reactive ketones (excluding diaryl/α,β-unsaturated/α-hetero) is 1. The molecule has 1 atom stereocenters. The summed E-state index contributed by atoms with van der Waals surface area (Å²) in [5.41, 5.74) is 1.16. The van der Waals surface area contributed by atoms with Crippen LogP contribution in [0.15, 0.2) is 42.5 Å². The summed E-state index contributed by atoms with van der Waals surface area (Å²) in [5.74, 6) is -0.203. The SMILES string of the molecule is CC(=O)NC(C)c1ccc(C(=O)COc2ccc([N+](=O)[O-])cc2Cl)cc1. The number of nitrogens with zero attached hydrogens (tertiary/aromatic N) is 1. The molecule has 0 aliphatic heterocycles. The molecule has 136 valence electrons. The molecule has 0 bridgehead atoms. The van der Waals surface area contributed by atoms with Gasteiger partial charge in [0.05, 0.1) is 16.0 Å². The Kier molecular flexibility index (Phi) is 6.30. The number of nitro benzene ring substituents is 1. The third-order valence-electron chi connectivity index (χ3n) is 3.64. The van der Waals surface area contributed by atoms with Crippen LogP contribution in [0.25, 0.3) is 0 Å². The first-order valence-electron chi connectivity index (χ1n) is 7.75. The summed E-state index contributed by atoms with van der Waals surface area (Å²) in [4.78, 5) is 33.4. The zero-order chi connectivity index (χ0) is 19.3. The van der Waals surface area contributed by atoms with Crippen molar-refractivity contribution in [1.82, 2.24) is 5.32 Å². The number of hydrogen-bond acceptors (Lipinski definition) is 5. The van der Waals surface area contributed by atoms with Crippen molar-refractivity contribution in [2.24, 2.45) is 0 Å². The smallest absolute Gasteiger partial charge is 0.271 e. The van der Waals surface area contributed by atoms with Crippen molar-refractivity contribution in [3.8, 4) is 5.75 Å². The predicted octanol–water partition coefficient (Wildman–Crippen LogP) is 3.71. The number of ketones is 1. The van der Waals surface area contributed by atoms with E-state index in [4.69, 9.17) is 16.3 Å². The van der Waals surface area contributed by atoms with Crippen molar-refractivity contribution < 1.29 is 19.2 Å². The minimum absolute atomic E-state index is 0.0616. The zero-order valence-electron chi connectivity index (χ0n) is 14.2. The number of amides is 1. The molecule has 0 fully saturated rings. The average Bonchev–Trinajstić information content (AvgIpc) is 2.59. The van der Waals surface area contributed by atoms with Crippen molar-refractivity contribution >= 4 is 29.0 Å². The van der Waals surface area contributed by atoms with Crippen LogP contribution in [0, 0.1) is 10.1 Å². The summed E-state index contributed by atoms with van der Waals surface area (Å²) in [6, 6.07) is 10.4. The normalized spacial score (nSPS) is 11.5. The van der Waals surface area contributed by atoms with Crippen molar-refractivity contribution in [2.75, 3.05) is 6.61 Å². The molecule has 0 radical (unpaired) electrons. The van der Waals surface area contributed by atoms with Crippen molar-refractivity contribution in [1.29, 1.82) is 0 Å². The Bertz CT molecular complexity index is 836. The number of nitrogens with one attached hydrogen (secondary N) is 1. The molecule has 1 amide bonds. The van der Waals surface area contributed by atoms with Gasteiger partial charge in [0.15, 0.2) is 12.4 Å². The van der Waals surface area contributed by atoms with Crippen LogP contribution in [0.1, 0.15) is 35.8 Å². The standard InChI is InChI=1S/C18H17ClN2O5/c1-11(20-12(2)22)13-3-5-14(6-4-13)17(23)10-26-18-8-7-15(21(24)25)9-16(18)19/h3-9,11H,10H2,1-2H3,(H,20,22). The lowest BCUT2D eigenvalue weighted by atomic mass is 10.0. The Morgan fingerprint density at radius 2 is 1.88 bits per heavy atom. The largest absolute Gasteiger partial charge is 0.484 e. The number of rotatable bonds is 7. The Morgan fingerprint density at radius 1 is 1.23 bits per heavy atom. The van der Waals surface area contributed by atoms with Gasteiger partial charge in [0.2, 0.25) is 5.91 Å². The molecule has 7 nitrogen and oxygen atoms in total. The van der Waals surface area contributed by atoms with Crippen LogP contribution in [0.2, 0.25) is 5.02 Å². The van der Waals surface area contributed by atoms with Crippen LogP contribution in [0.5, 0.6) is 5.75 Å². The third-order valence-corrected chi connectivity index (χ3v) is 3.93. The highest BCUT2D eigenvalue weighted by Gasteiger charge is 2.13. The summed E-state index contributed by atoms with van der Waals surface area (Å²) in [5, 5.41) is 13.5. The van der Waals surface area contributed by atoms with Crippen LogP contribution in [0.3, 0.4) is 0 Å². The summed E-state index contributed by atoms with van der Waals surface area (Å²) in [7, 11) is 0. The number of carbonyl (C=O) groups excluding carboxylic acids is 2. The summed E-state index contributed by atoms with van der Waals surface area (Å²) in [6.07, 6.45) is 0. The molecule has 8 heteroatoms. The van der Waals surface area contributed by atoms with Crippen molar-refractivity contribution in [3.63, 3.8) is 0 Å². The first-order valence-corrected chi connectivity index (χ1v) is 8.12. The van der Waals surface area contributed by atoms with E-state index in [1.54, 1.807) is 24.3 Å². The molecule has 0 saturated carbocycles. The topological polar surface area (TPSA) is 98.5 Å². The molecule has 26 heavy (non-hydrogen) atoms. The fourth-order valence-electron chi connectivity index (χ4n) is 2.29. The highest BCUT2D eigenvalue weighted by atomic mass is 35.5. The maximum atomic E-state index is 12.2. The van der Waals surface area contributed by atoms with E-state index in [9.17, 15) is 19.7 Å². The lowest BCUT2D eigenvalue weighted by Gasteiger charge is -2.13. The Labute approximate surface area is 155 Å². The quantitative estimate of drug-likeness (QED) is 0.451. The number of carbonyl (C=O) groups is 2. The summed E-state index contributed by atoms with van der Waals surface area (Å²) >= 11 is 5.92. The molecule has 0 heterocycles. The van der Waals surface area contributed by atoms with Gasteiger partial charge in [-0.2, -0.15) is 0 Å². The zero-order valence-corrected chi connectivity index (χ0v) is 14.9. The van der Waals surface area contributed by atoms with E-state index in [1.165, 1.54) is 25.1 Å². The van der Waals surface area contributed by atoms with Gasteiger partial charge in [-0.05, 0) is 18.6 Å². The highest BCUT2D eigenvalue weighted by molar-refractivity contribution is 6.32. The third kappa shape index (κ3) is 5.03. The molecule has 1 unspecified atom stereocenters. The monoisotopic (exact) mass is 376 g/mol. The first kappa shape index (κ1) is 19.4. The fraction of sp³-hybridized carbons (Fsp3) is 0.222. The summed E-state index contributed by atoms with van der Waals surface area (Å²) < 4.78 is 5.36. The van der Waals surface area contributed by atoms with Gasteiger partial charge in [0.1, 0.15) is 5.75 Å². The van der Waals surface area contributed by atoms with Gasteiger partial charge in [0.25, 0.3) is 5.69 Å². The molecular weight excluding hydrogens is 360 g/mol. The van der Waals surface area contributed by atoms with Gasteiger partial charge in [-0.3, -0.25) is 19.7 Å². The lowest BCUT2D eigenvalue weighted by Crippen LogP contribution is -2.23. The van der Waals surface area contributed by atoms with Gasteiger partial charge >= 0.3 is 0 Å². The Balaban J connectivity index is 2.00. The Hall–Kier alpha value is -2.93. The average molecular weight is 377 g/mol. The second-order valence-corrected chi connectivity index (χ2v) is 6.04. The molecule has 0 aliphatic carbocycles. The molecular formula is C18H17ClN2O5. The van der Waals surface area contributed by atoms with Crippen LogP contribution in [-0.2, 0) is 4.79 Å². The van der Waals surface area contributed by atoms with E-state index in [-0.39, 0.29) is 40.8 Å². The van der Waals surface area contributed by atoms with Gasteiger partial charge in [-0.1, -0.05) is 35.9 Å². The van der Waals surface area contributed by atoms with E-state index >= 15 is 0 Å².